The molecular weight excluding hydrogens is 252 g/mol. The molecule has 1 aliphatic carbocycles. The normalized spacial score (nSPS) is 17.7. The Kier molecular flexibility index (Phi) is 2.70. The van der Waals surface area contributed by atoms with Crippen LogP contribution in [-0.4, -0.2) is 5.54 Å². The van der Waals surface area contributed by atoms with E-state index < -0.39 is 0 Å². The number of halogens is 1. The van der Waals surface area contributed by atoms with Crippen LogP contribution in [0, 0.1) is 11.3 Å². The molecule has 0 unspecified atom stereocenters. The Labute approximate surface area is 98.4 Å². The van der Waals surface area contributed by atoms with E-state index in [9.17, 15) is 0 Å². The van der Waals surface area contributed by atoms with Crippen LogP contribution in [-0.2, 0) is 0 Å². The lowest BCUT2D eigenvalue weighted by molar-refractivity contribution is 0.306. The van der Waals surface area contributed by atoms with Crippen LogP contribution in [0.1, 0.15) is 31.7 Å². The van der Waals surface area contributed by atoms with E-state index in [-0.39, 0.29) is 5.54 Å². The third-order valence-electron chi connectivity index (χ3n) is 2.99. The Morgan fingerprint density at radius 3 is 2.67 bits per heavy atom. The molecule has 1 aliphatic rings. The topological polar surface area (TPSA) is 35.8 Å². The van der Waals surface area contributed by atoms with E-state index in [0.717, 1.165) is 10.2 Å². The average molecular weight is 265 g/mol. The molecule has 0 radical (unpaired) electrons. The highest BCUT2D eigenvalue weighted by atomic mass is 79.9. The highest BCUT2D eigenvalue weighted by Crippen LogP contribution is 2.35. The third kappa shape index (κ3) is 2.15. The molecular formula is C12H13BrN2. The van der Waals surface area contributed by atoms with Crippen molar-refractivity contribution >= 4 is 21.6 Å². The van der Waals surface area contributed by atoms with Gasteiger partial charge in [-0.3, -0.25) is 0 Å². The summed E-state index contributed by atoms with van der Waals surface area (Å²) in [6.45, 7) is 2.24. The Balaban J connectivity index is 2.17. The molecule has 1 aromatic carbocycles. The zero-order valence-corrected chi connectivity index (χ0v) is 10.3. The molecule has 0 aromatic heterocycles. The number of hydrogen-bond acceptors (Lipinski definition) is 2. The lowest BCUT2D eigenvalue weighted by Gasteiger charge is -2.40. The number of rotatable bonds is 2. The largest absolute Gasteiger partial charge is 0.380 e. The van der Waals surface area contributed by atoms with Crippen LogP contribution in [0.2, 0.25) is 0 Å². The van der Waals surface area contributed by atoms with Crippen LogP contribution in [0.5, 0.6) is 0 Å². The quantitative estimate of drug-likeness (QED) is 0.885. The molecule has 3 heteroatoms. The molecule has 1 aromatic rings. The summed E-state index contributed by atoms with van der Waals surface area (Å²) in [5.41, 5.74) is 2.02. The summed E-state index contributed by atoms with van der Waals surface area (Å²) in [4.78, 5) is 0. The molecule has 15 heavy (non-hydrogen) atoms. The highest BCUT2D eigenvalue weighted by Gasteiger charge is 2.31. The smallest absolute Gasteiger partial charge is 0.100 e. The van der Waals surface area contributed by atoms with Crippen LogP contribution >= 0.6 is 15.9 Å². The highest BCUT2D eigenvalue weighted by molar-refractivity contribution is 9.10. The van der Waals surface area contributed by atoms with E-state index in [1.165, 1.54) is 19.3 Å². The predicted molar refractivity (Wildman–Crippen MR) is 64.7 cm³/mol. The minimum atomic E-state index is 0.258. The fraction of sp³-hybridized carbons (Fsp3) is 0.417. The Morgan fingerprint density at radius 2 is 2.20 bits per heavy atom. The summed E-state index contributed by atoms with van der Waals surface area (Å²) in [6.07, 6.45) is 3.76. The van der Waals surface area contributed by atoms with Gasteiger partial charge in [0.15, 0.2) is 0 Å². The van der Waals surface area contributed by atoms with Crippen molar-refractivity contribution in [3.63, 3.8) is 0 Å². The molecule has 1 saturated carbocycles. The Bertz CT molecular complexity index is 416. The zero-order valence-electron chi connectivity index (χ0n) is 8.68. The van der Waals surface area contributed by atoms with E-state index in [0.29, 0.717) is 5.56 Å². The van der Waals surface area contributed by atoms with Crippen molar-refractivity contribution in [1.82, 2.24) is 0 Å². The molecule has 0 amide bonds. The standard InChI is InChI=1S/C12H13BrN2/c1-12(5-2-6-12)15-10-4-3-9(8-14)11(13)7-10/h3-4,7,15H,2,5-6H2,1H3. The van der Waals surface area contributed by atoms with Crippen LogP contribution in [0.15, 0.2) is 22.7 Å². The first-order chi connectivity index (χ1) is 7.13. The fourth-order valence-electron chi connectivity index (χ4n) is 1.86. The van der Waals surface area contributed by atoms with Crippen molar-refractivity contribution in [1.29, 1.82) is 5.26 Å². The number of nitrogens with one attached hydrogen (secondary N) is 1. The molecule has 0 heterocycles. The van der Waals surface area contributed by atoms with Gasteiger partial charge in [-0.15, -0.1) is 0 Å². The van der Waals surface area contributed by atoms with Crippen molar-refractivity contribution in [2.24, 2.45) is 0 Å². The lowest BCUT2D eigenvalue weighted by Crippen LogP contribution is -2.41. The molecule has 0 atom stereocenters. The number of anilines is 1. The van der Waals surface area contributed by atoms with E-state index in [1.54, 1.807) is 0 Å². The molecule has 1 fully saturated rings. The van der Waals surface area contributed by atoms with Crippen LogP contribution in [0.25, 0.3) is 0 Å². The molecule has 78 valence electrons. The van der Waals surface area contributed by atoms with E-state index in [1.807, 2.05) is 18.2 Å². The lowest BCUT2D eigenvalue weighted by atomic mass is 9.78. The molecule has 0 aliphatic heterocycles. The summed E-state index contributed by atoms with van der Waals surface area (Å²) in [7, 11) is 0. The number of benzene rings is 1. The van der Waals surface area contributed by atoms with Crippen LogP contribution in [0.3, 0.4) is 0 Å². The number of nitriles is 1. The minimum absolute atomic E-state index is 0.258. The third-order valence-corrected chi connectivity index (χ3v) is 3.65. The molecule has 0 spiro atoms. The van der Waals surface area contributed by atoms with Crippen molar-refractivity contribution in [2.45, 2.75) is 31.7 Å². The van der Waals surface area contributed by atoms with Gasteiger partial charge in [-0.25, -0.2) is 0 Å². The van der Waals surface area contributed by atoms with Gasteiger partial charge in [0.05, 0.1) is 5.56 Å². The van der Waals surface area contributed by atoms with Crippen molar-refractivity contribution in [3.05, 3.63) is 28.2 Å². The van der Waals surface area contributed by atoms with Gasteiger partial charge < -0.3 is 5.32 Å². The van der Waals surface area contributed by atoms with Gasteiger partial charge >= 0.3 is 0 Å². The van der Waals surface area contributed by atoms with Gasteiger partial charge in [-0.2, -0.15) is 5.26 Å². The van der Waals surface area contributed by atoms with Crippen LogP contribution in [0.4, 0.5) is 5.69 Å². The summed E-state index contributed by atoms with van der Waals surface area (Å²) in [5, 5.41) is 12.3. The zero-order chi connectivity index (χ0) is 10.9. The first kappa shape index (κ1) is 10.5. The second-order valence-electron chi connectivity index (χ2n) is 4.35. The van der Waals surface area contributed by atoms with Gasteiger partial charge in [0.25, 0.3) is 0 Å². The second kappa shape index (κ2) is 3.86. The van der Waals surface area contributed by atoms with E-state index in [4.69, 9.17) is 5.26 Å². The van der Waals surface area contributed by atoms with Gasteiger partial charge in [-0.05, 0) is 60.3 Å². The Morgan fingerprint density at radius 1 is 1.47 bits per heavy atom. The van der Waals surface area contributed by atoms with Crippen molar-refractivity contribution in [3.8, 4) is 6.07 Å². The molecule has 2 rings (SSSR count). The van der Waals surface area contributed by atoms with E-state index in [2.05, 4.69) is 34.2 Å². The summed E-state index contributed by atoms with van der Waals surface area (Å²) < 4.78 is 0.859. The van der Waals surface area contributed by atoms with Gasteiger partial charge in [-0.1, -0.05) is 0 Å². The molecule has 1 N–H and O–H groups in total. The van der Waals surface area contributed by atoms with Crippen molar-refractivity contribution in [2.75, 3.05) is 5.32 Å². The van der Waals surface area contributed by atoms with Crippen LogP contribution < -0.4 is 5.32 Å². The maximum absolute atomic E-state index is 8.80. The number of hydrogen-bond donors (Lipinski definition) is 1. The summed E-state index contributed by atoms with van der Waals surface area (Å²) in [6, 6.07) is 7.92. The van der Waals surface area contributed by atoms with Gasteiger partial charge in [0.1, 0.15) is 6.07 Å². The molecule has 0 saturated heterocycles. The van der Waals surface area contributed by atoms with E-state index >= 15 is 0 Å². The fourth-order valence-corrected chi connectivity index (χ4v) is 2.33. The predicted octanol–water partition coefficient (Wildman–Crippen LogP) is 3.68. The first-order valence-corrected chi connectivity index (χ1v) is 5.90. The minimum Gasteiger partial charge on any atom is -0.380 e. The Hall–Kier alpha value is -1.01. The van der Waals surface area contributed by atoms with Gasteiger partial charge in [0.2, 0.25) is 0 Å². The summed E-state index contributed by atoms with van der Waals surface area (Å²) >= 11 is 3.39. The second-order valence-corrected chi connectivity index (χ2v) is 5.20. The number of nitrogens with zero attached hydrogens (tertiary/aromatic N) is 1. The molecule has 0 bridgehead atoms. The summed E-state index contributed by atoms with van der Waals surface area (Å²) in [5.74, 6) is 0. The molecule has 2 nitrogen and oxygen atoms in total. The van der Waals surface area contributed by atoms with Crippen molar-refractivity contribution < 1.29 is 0 Å². The maximum atomic E-state index is 8.80. The van der Waals surface area contributed by atoms with Gasteiger partial charge in [0, 0.05) is 15.7 Å². The SMILES string of the molecule is CC1(Nc2ccc(C#N)c(Br)c2)CCC1. The monoisotopic (exact) mass is 264 g/mol. The maximum Gasteiger partial charge on any atom is 0.100 e. The first-order valence-electron chi connectivity index (χ1n) is 5.11. The average Bonchev–Trinajstić information content (AvgIpc) is 2.16.